The molecule has 0 aliphatic carbocycles. The Bertz CT molecular complexity index is 1130. The van der Waals surface area contributed by atoms with Crippen LogP contribution >= 0.6 is 11.6 Å². The normalized spacial score (nSPS) is 30.3. The molecule has 3 aromatic rings. The van der Waals surface area contributed by atoms with Crippen molar-refractivity contribution in [3.05, 3.63) is 41.4 Å². The maximum atomic E-state index is 11.0. The fourth-order valence-electron chi connectivity index (χ4n) is 4.20. The quantitative estimate of drug-likeness (QED) is 0.348. The molecule has 4 heterocycles. The van der Waals surface area contributed by atoms with E-state index in [-0.39, 0.29) is 18.5 Å². The van der Waals surface area contributed by atoms with Gasteiger partial charge < -0.3 is 30.5 Å². The monoisotopic (exact) mass is 448 g/mol. The number of aliphatic hydroxyl groups is 3. The van der Waals surface area contributed by atoms with Gasteiger partial charge in [0.15, 0.2) is 11.5 Å². The molecule has 6 N–H and O–H groups in total. The summed E-state index contributed by atoms with van der Waals surface area (Å²) in [6.07, 6.45) is -0.665. The van der Waals surface area contributed by atoms with E-state index in [4.69, 9.17) is 26.8 Å². The third-order valence-corrected chi connectivity index (χ3v) is 5.99. The van der Waals surface area contributed by atoms with Gasteiger partial charge in [-0.1, -0.05) is 23.7 Å². The summed E-state index contributed by atoms with van der Waals surface area (Å²) in [6, 6.07) is 5.16. The van der Waals surface area contributed by atoms with Crippen molar-refractivity contribution in [3.63, 3.8) is 0 Å². The molecule has 5 rings (SSSR count). The highest BCUT2D eigenvalue weighted by atomic mass is 35.5. The Kier molecular flexibility index (Phi) is 4.96. The number of aliphatic hydroxyl groups excluding tert-OH is 3. The topological polar surface area (TPSA) is 161 Å². The number of halogens is 1. The number of nitrogens with zero attached hydrogens (tertiary/aromatic N) is 4. The molecular formula is C19H21ClN6O5. The molecule has 31 heavy (non-hydrogen) atoms. The number of rotatable bonds is 4. The van der Waals surface area contributed by atoms with Crippen LogP contribution in [0, 0.1) is 0 Å². The number of para-hydroxylation sites is 1. The molecule has 12 heteroatoms. The molecule has 164 valence electrons. The largest absolute Gasteiger partial charge is 0.490 e. The van der Waals surface area contributed by atoms with Crippen molar-refractivity contribution in [1.82, 2.24) is 24.8 Å². The minimum absolute atomic E-state index is 0.162. The molecule has 2 aliphatic rings. The molecule has 5 atom stereocenters. The van der Waals surface area contributed by atoms with Gasteiger partial charge in [-0.05, 0) is 18.1 Å². The zero-order chi connectivity index (χ0) is 21.8. The van der Waals surface area contributed by atoms with E-state index >= 15 is 0 Å². The maximum Gasteiger partial charge on any atom is 0.234 e. The van der Waals surface area contributed by atoms with Crippen LogP contribution in [0.5, 0.6) is 5.75 Å². The standard InChI is InChI=1S/C19H21ClN6O5/c20-11-3-1-2-9-4-10(6-30-15(9)11)25-19(16(29)14(28)12(5-27)31-19)26-8-24-13-17(21)22-7-23-18(13)26/h1-3,7-8,10,12,14,16,25,27-29H,4-6H2,(H2,21,22,23)/t10?,12-,14-,16-,19+/m1/s1. The molecule has 2 aliphatic heterocycles. The van der Waals surface area contributed by atoms with Crippen molar-refractivity contribution in [3.8, 4) is 5.75 Å². The van der Waals surface area contributed by atoms with Gasteiger partial charge in [-0.2, -0.15) is 0 Å². The van der Waals surface area contributed by atoms with E-state index in [2.05, 4.69) is 20.3 Å². The summed E-state index contributed by atoms with van der Waals surface area (Å²) >= 11 is 6.22. The van der Waals surface area contributed by atoms with Crippen LogP contribution in [0.2, 0.25) is 5.02 Å². The molecule has 1 aromatic carbocycles. The third-order valence-electron chi connectivity index (χ3n) is 5.69. The predicted octanol–water partition coefficient (Wildman–Crippen LogP) is -0.622. The fourth-order valence-corrected chi connectivity index (χ4v) is 4.45. The van der Waals surface area contributed by atoms with E-state index in [1.165, 1.54) is 17.2 Å². The van der Waals surface area contributed by atoms with Crippen LogP contribution < -0.4 is 15.8 Å². The lowest BCUT2D eigenvalue weighted by Gasteiger charge is -2.39. The number of nitrogens with one attached hydrogen (secondary N) is 1. The van der Waals surface area contributed by atoms with Crippen LogP contribution in [-0.4, -0.2) is 72.4 Å². The number of anilines is 1. The summed E-state index contributed by atoms with van der Waals surface area (Å²) in [5.41, 5.74) is 7.41. The van der Waals surface area contributed by atoms with Crippen molar-refractivity contribution < 1.29 is 24.8 Å². The zero-order valence-electron chi connectivity index (χ0n) is 16.2. The number of fused-ring (bicyclic) bond motifs is 2. The minimum Gasteiger partial charge on any atom is -0.490 e. The van der Waals surface area contributed by atoms with Crippen molar-refractivity contribution in [1.29, 1.82) is 0 Å². The van der Waals surface area contributed by atoms with Crippen LogP contribution in [-0.2, 0) is 17.0 Å². The lowest BCUT2D eigenvalue weighted by molar-refractivity contribution is -0.175. The molecule has 0 spiro atoms. The first-order chi connectivity index (χ1) is 14.9. The van der Waals surface area contributed by atoms with E-state index in [0.29, 0.717) is 28.4 Å². The smallest absolute Gasteiger partial charge is 0.234 e. The van der Waals surface area contributed by atoms with Gasteiger partial charge in [0.1, 0.15) is 48.8 Å². The van der Waals surface area contributed by atoms with Gasteiger partial charge in [0.25, 0.3) is 0 Å². The van der Waals surface area contributed by atoms with Gasteiger partial charge >= 0.3 is 0 Å². The SMILES string of the molecule is Nc1ncnc2c1ncn2[C@]1(NC2COc3c(Cl)cccc3C2)O[C@H](CO)[C@@H](O)[C@H]1O. The number of hydrogen-bond donors (Lipinski definition) is 5. The highest BCUT2D eigenvalue weighted by Gasteiger charge is 2.57. The molecule has 1 fully saturated rings. The lowest BCUT2D eigenvalue weighted by atomic mass is 10.0. The van der Waals surface area contributed by atoms with E-state index in [1.54, 1.807) is 6.07 Å². The van der Waals surface area contributed by atoms with Gasteiger partial charge in [-0.25, -0.2) is 15.0 Å². The molecular weight excluding hydrogens is 428 g/mol. The Labute approximate surface area is 181 Å². The highest BCUT2D eigenvalue weighted by molar-refractivity contribution is 6.32. The van der Waals surface area contributed by atoms with Crippen LogP contribution in [0.3, 0.4) is 0 Å². The second-order valence-corrected chi connectivity index (χ2v) is 8.01. The second kappa shape index (κ2) is 7.55. The van der Waals surface area contributed by atoms with Crippen molar-refractivity contribution in [2.75, 3.05) is 18.9 Å². The maximum absolute atomic E-state index is 11.0. The van der Waals surface area contributed by atoms with Gasteiger partial charge in [0.2, 0.25) is 5.85 Å². The molecule has 2 aromatic heterocycles. The Morgan fingerprint density at radius 1 is 1.29 bits per heavy atom. The fraction of sp³-hybridized carbons (Fsp3) is 0.421. The van der Waals surface area contributed by atoms with E-state index < -0.39 is 30.8 Å². The van der Waals surface area contributed by atoms with Crippen molar-refractivity contribution >= 4 is 28.6 Å². The van der Waals surface area contributed by atoms with Crippen LogP contribution in [0.4, 0.5) is 5.82 Å². The number of nitrogens with two attached hydrogens (primary N) is 1. The summed E-state index contributed by atoms with van der Waals surface area (Å²) in [7, 11) is 0. The average molecular weight is 449 g/mol. The Balaban J connectivity index is 1.57. The Morgan fingerprint density at radius 3 is 2.90 bits per heavy atom. The summed E-state index contributed by atoms with van der Waals surface area (Å²) in [6.45, 7) is -0.261. The third kappa shape index (κ3) is 3.13. The van der Waals surface area contributed by atoms with Gasteiger partial charge in [-0.3, -0.25) is 9.88 Å². The molecule has 0 amide bonds. The summed E-state index contributed by atoms with van der Waals surface area (Å²) in [5.74, 6) is -0.909. The molecule has 1 unspecified atom stereocenters. The molecule has 11 nitrogen and oxygen atoms in total. The van der Waals surface area contributed by atoms with E-state index in [0.717, 1.165) is 5.56 Å². The summed E-state index contributed by atoms with van der Waals surface area (Å²) in [4.78, 5) is 12.4. The Hall–Kier alpha value is -2.54. The molecule has 0 radical (unpaired) electrons. The van der Waals surface area contributed by atoms with Gasteiger partial charge in [0.05, 0.1) is 11.6 Å². The Morgan fingerprint density at radius 2 is 2.13 bits per heavy atom. The first-order valence-corrected chi connectivity index (χ1v) is 10.1. The van der Waals surface area contributed by atoms with Gasteiger partial charge in [-0.15, -0.1) is 0 Å². The first kappa shape index (κ1) is 20.4. The van der Waals surface area contributed by atoms with Crippen molar-refractivity contribution in [2.45, 2.75) is 36.6 Å². The summed E-state index contributed by atoms with van der Waals surface area (Å²) < 4.78 is 13.3. The molecule has 1 saturated heterocycles. The number of benzene rings is 1. The summed E-state index contributed by atoms with van der Waals surface area (Å²) in [5, 5.41) is 35.0. The number of ether oxygens (including phenoxy) is 2. The van der Waals surface area contributed by atoms with E-state index in [9.17, 15) is 15.3 Å². The minimum atomic E-state index is -1.69. The first-order valence-electron chi connectivity index (χ1n) is 9.71. The number of aromatic nitrogens is 4. The lowest BCUT2D eigenvalue weighted by Crippen LogP contribution is -2.61. The van der Waals surface area contributed by atoms with E-state index in [1.807, 2.05) is 12.1 Å². The predicted molar refractivity (Wildman–Crippen MR) is 109 cm³/mol. The number of nitrogen functional groups attached to an aromatic ring is 1. The van der Waals surface area contributed by atoms with Crippen molar-refractivity contribution in [2.24, 2.45) is 0 Å². The second-order valence-electron chi connectivity index (χ2n) is 7.60. The van der Waals surface area contributed by atoms with Gasteiger partial charge in [0, 0.05) is 6.04 Å². The highest BCUT2D eigenvalue weighted by Crippen LogP contribution is 2.38. The van der Waals surface area contributed by atoms with Crippen LogP contribution in [0.15, 0.2) is 30.9 Å². The molecule has 0 saturated carbocycles. The van der Waals surface area contributed by atoms with Crippen LogP contribution in [0.25, 0.3) is 11.2 Å². The zero-order valence-corrected chi connectivity index (χ0v) is 17.0. The number of imidazole rings is 1. The average Bonchev–Trinajstić information content (AvgIpc) is 3.31. The van der Waals surface area contributed by atoms with Crippen LogP contribution in [0.1, 0.15) is 5.56 Å². The number of hydrogen-bond acceptors (Lipinski definition) is 10. The molecule has 0 bridgehead atoms.